The van der Waals surface area contributed by atoms with Crippen molar-refractivity contribution in [3.05, 3.63) is 18.2 Å². The third-order valence-corrected chi connectivity index (χ3v) is 1.90. The van der Waals surface area contributed by atoms with E-state index in [9.17, 15) is 15.3 Å². The van der Waals surface area contributed by atoms with Gasteiger partial charge in [-0.25, -0.2) is 0 Å². The minimum absolute atomic E-state index is 0.196. The fourth-order valence-corrected chi connectivity index (χ4v) is 1.17. The SMILES string of the molecule is CCCC(O)Nc1cccc(O)c1O. The predicted octanol–water partition coefficient (Wildman–Crippen LogP) is 1.63. The predicted molar refractivity (Wildman–Crippen MR) is 54.3 cm³/mol. The van der Waals surface area contributed by atoms with Gasteiger partial charge < -0.3 is 20.6 Å². The molecule has 78 valence electrons. The van der Waals surface area contributed by atoms with E-state index in [4.69, 9.17) is 0 Å². The van der Waals surface area contributed by atoms with Crippen molar-refractivity contribution in [2.45, 2.75) is 26.0 Å². The lowest BCUT2D eigenvalue weighted by molar-refractivity contribution is 0.191. The molecule has 0 saturated heterocycles. The minimum atomic E-state index is -0.701. The van der Waals surface area contributed by atoms with Crippen LogP contribution in [0.15, 0.2) is 18.2 Å². The van der Waals surface area contributed by atoms with E-state index in [-0.39, 0.29) is 11.5 Å². The Bertz CT molecular complexity index is 301. The van der Waals surface area contributed by atoms with Gasteiger partial charge in [0.05, 0.1) is 5.69 Å². The largest absolute Gasteiger partial charge is 0.504 e. The van der Waals surface area contributed by atoms with Crippen LogP contribution in [-0.4, -0.2) is 21.5 Å². The zero-order valence-electron chi connectivity index (χ0n) is 8.07. The maximum absolute atomic E-state index is 9.41. The van der Waals surface area contributed by atoms with Gasteiger partial charge in [0.2, 0.25) is 0 Å². The molecule has 4 N–H and O–H groups in total. The summed E-state index contributed by atoms with van der Waals surface area (Å²) in [5.74, 6) is -0.429. The number of anilines is 1. The first-order chi connectivity index (χ1) is 6.65. The number of nitrogens with one attached hydrogen (secondary N) is 1. The number of phenols is 2. The summed E-state index contributed by atoms with van der Waals surface area (Å²) < 4.78 is 0. The van der Waals surface area contributed by atoms with Gasteiger partial charge >= 0.3 is 0 Å². The highest BCUT2D eigenvalue weighted by atomic mass is 16.3. The summed E-state index contributed by atoms with van der Waals surface area (Å²) in [5.41, 5.74) is 0.339. The van der Waals surface area contributed by atoms with Crippen LogP contribution < -0.4 is 5.32 Å². The highest BCUT2D eigenvalue weighted by Crippen LogP contribution is 2.32. The Hall–Kier alpha value is -1.42. The van der Waals surface area contributed by atoms with Crippen LogP contribution in [-0.2, 0) is 0 Å². The van der Waals surface area contributed by atoms with Crippen LogP contribution in [0, 0.1) is 0 Å². The number of hydrogen-bond acceptors (Lipinski definition) is 4. The molecule has 0 bridgehead atoms. The second-order valence-corrected chi connectivity index (χ2v) is 3.12. The Kier molecular flexibility index (Phi) is 3.59. The number of benzene rings is 1. The standard InChI is InChI=1S/C10H15NO3/c1-2-4-9(13)11-7-5-3-6-8(12)10(7)14/h3,5-6,9,11-14H,2,4H2,1H3. The lowest BCUT2D eigenvalue weighted by Crippen LogP contribution is -2.17. The number of phenolic OH excluding ortho intramolecular Hbond substituents is 2. The number of aliphatic hydroxyl groups is 1. The molecule has 0 aliphatic rings. The highest BCUT2D eigenvalue weighted by Gasteiger charge is 2.08. The first-order valence-corrected chi connectivity index (χ1v) is 4.60. The lowest BCUT2D eigenvalue weighted by Gasteiger charge is -2.14. The van der Waals surface area contributed by atoms with Gasteiger partial charge in [-0.15, -0.1) is 0 Å². The molecule has 0 heterocycles. The van der Waals surface area contributed by atoms with Gasteiger partial charge in [-0.2, -0.15) is 0 Å². The summed E-state index contributed by atoms with van der Waals surface area (Å²) >= 11 is 0. The Balaban J connectivity index is 2.71. The summed E-state index contributed by atoms with van der Waals surface area (Å²) in [6.07, 6.45) is 0.732. The average Bonchev–Trinajstić information content (AvgIpc) is 2.13. The van der Waals surface area contributed by atoms with Crippen molar-refractivity contribution in [2.75, 3.05) is 5.32 Å². The first kappa shape index (κ1) is 10.7. The first-order valence-electron chi connectivity index (χ1n) is 4.60. The summed E-state index contributed by atoms with van der Waals surface area (Å²) in [6, 6.07) is 4.57. The van der Waals surface area contributed by atoms with Crippen molar-refractivity contribution in [3.8, 4) is 11.5 Å². The highest BCUT2D eigenvalue weighted by molar-refractivity contribution is 5.61. The van der Waals surface area contributed by atoms with E-state index < -0.39 is 6.23 Å². The van der Waals surface area contributed by atoms with Gasteiger partial charge in [-0.3, -0.25) is 0 Å². The molecule has 4 heteroatoms. The molecule has 0 saturated carbocycles. The number of hydrogen-bond donors (Lipinski definition) is 4. The van der Waals surface area contributed by atoms with Crippen LogP contribution >= 0.6 is 0 Å². The monoisotopic (exact) mass is 197 g/mol. The summed E-state index contributed by atoms with van der Waals surface area (Å²) in [5, 5.41) is 30.7. The van der Waals surface area contributed by atoms with Crippen molar-refractivity contribution in [3.63, 3.8) is 0 Å². The van der Waals surface area contributed by atoms with Gasteiger partial charge in [0.1, 0.15) is 6.23 Å². The van der Waals surface area contributed by atoms with Crippen molar-refractivity contribution in [1.29, 1.82) is 0 Å². The van der Waals surface area contributed by atoms with Crippen molar-refractivity contribution >= 4 is 5.69 Å². The number of para-hydroxylation sites is 1. The van der Waals surface area contributed by atoms with E-state index in [0.717, 1.165) is 6.42 Å². The van der Waals surface area contributed by atoms with E-state index in [0.29, 0.717) is 12.1 Å². The molecule has 0 aliphatic carbocycles. The van der Waals surface area contributed by atoms with Crippen LogP contribution in [0.3, 0.4) is 0 Å². The van der Waals surface area contributed by atoms with Crippen LogP contribution in [0.1, 0.15) is 19.8 Å². The van der Waals surface area contributed by atoms with E-state index in [1.807, 2.05) is 6.92 Å². The second kappa shape index (κ2) is 4.72. The van der Waals surface area contributed by atoms with E-state index in [2.05, 4.69) is 5.32 Å². The number of aromatic hydroxyl groups is 2. The average molecular weight is 197 g/mol. The topological polar surface area (TPSA) is 72.7 Å². The summed E-state index contributed by atoms with van der Waals surface area (Å²) in [4.78, 5) is 0. The molecule has 0 aliphatic heterocycles. The number of rotatable bonds is 4. The van der Waals surface area contributed by atoms with E-state index >= 15 is 0 Å². The lowest BCUT2D eigenvalue weighted by atomic mass is 10.2. The Labute approximate surface area is 82.8 Å². The van der Waals surface area contributed by atoms with Gasteiger partial charge in [0, 0.05) is 0 Å². The zero-order valence-corrected chi connectivity index (χ0v) is 8.07. The smallest absolute Gasteiger partial charge is 0.181 e. The molecule has 0 radical (unpaired) electrons. The normalized spacial score (nSPS) is 12.4. The zero-order chi connectivity index (χ0) is 10.6. The molecule has 0 spiro atoms. The molecule has 14 heavy (non-hydrogen) atoms. The maximum Gasteiger partial charge on any atom is 0.181 e. The molecular formula is C10H15NO3. The molecule has 1 atom stereocenters. The molecule has 1 aromatic rings. The third kappa shape index (κ3) is 2.53. The van der Waals surface area contributed by atoms with Crippen LogP contribution in [0.4, 0.5) is 5.69 Å². The fourth-order valence-electron chi connectivity index (χ4n) is 1.17. The molecule has 0 aromatic heterocycles. The second-order valence-electron chi connectivity index (χ2n) is 3.12. The van der Waals surface area contributed by atoms with Gasteiger partial charge in [-0.1, -0.05) is 19.4 Å². The van der Waals surface area contributed by atoms with Crippen molar-refractivity contribution < 1.29 is 15.3 Å². The Morgan fingerprint density at radius 3 is 2.71 bits per heavy atom. The van der Waals surface area contributed by atoms with Gasteiger partial charge in [-0.05, 0) is 18.6 Å². The van der Waals surface area contributed by atoms with E-state index in [1.165, 1.54) is 6.07 Å². The Morgan fingerprint density at radius 2 is 2.07 bits per heavy atom. The molecule has 1 aromatic carbocycles. The van der Waals surface area contributed by atoms with Crippen LogP contribution in [0.25, 0.3) is 0 Å². The van der Waals surface area contributed by atoms with Crippen LogP contribution in [0.5, 0.6) is 11.5 Å². The van der Waals surface area contributed by atoms with E-state index in [1.54, 1.807) is 12.1 Å². The van der Waals surface area contributed by atoms with Crippen molar-refractivity contribution in [1.82, 2.24) is 0 Å². The molecule has 1 rings (SSSR count). The molecule has 0 fully saturated rings. The maximum atomic E-state index is 9.41. The third-order valence-electron chi connectivity index (χ3n) is 1.90. The molecule has 1 unspecified atom stereocenters. The van der Waals surface area contributed by atoms with Gasteiger partial charge in [0.25, 0.3) is 0 Å². The van der Waals surface area contributed by atoms with Crippen molar-refractivity contribution in [2.24, 2.45) is 0 Å². The fraction of sp³-hybridized carbons (Fsp3) is 0.400. The molecular weight excluding hydrogens is 182 g/mol. The quantitative estimate of drug-likeness (QED) is 0.437. The van der Waals surface area contributed by atoms with Gasteiger partial charge in [0.15, 0.2) is 11.5 Å². The molecule has 4 nitrogen and oxygen atoms in total. The van der Waals surface area contributed by atoms with Crippen LogP contribution in [0.2, 0.25) is 0 Å². The Morgan fingerprint density at radius 1 is 1.36 bits per heavy atom. The number of aliphatic hydroxyl groups excluding tert-OH is 1. The minimum Gasteiger partial charge on any atom is -0.504 e. The summed E-state index contributed by atoms with van der Waals surface area (Å²) in [6.45, 7) is 1.95. The summed E-state index contributed by atoms with van der Waals surface area (Å²) in [7, 11) is 0. The molecule has 0 amide bonds.